The summed E-state index contributed by atoms with van der Waals surface area (Å²) in [5.74, 6) is 0.383. The third-order valence-electron chi connectivity index (χ3n) is 9.81. The molecule has 14 nitrogen and oxygen atoms in total. The molecule has 0 spiro atoms. The van der Waals surface area contributed by atoms with E-state index in [4.69, 9.17) is 16.6 Å². The molecule has 2 N–H and O–H groups in total. The van der Waals surface area contributed by atoms with Gasteiger partial charge in [0.25, 0.3) is 10.2 Å². The molecule has 2 fully saturated rings. The first-order chi connectivity index (χ1) is 25.8. The molecule has 2 saturated heterocycles. The summed E-state index contributed by atoms with van der Waals surface area (Å²) in [5.41, 5.74) is 0.453. The van der Waals surface area contributed by atoms with Gasteiger partial charge in [-0.15, -0.1) is 16.4 Å². The van der Waals surface area contributed by atoms with E-state index in [2.05, 4.69) is 30.1 Å². The largest absolute Gasteiger partial charge is 0.383 e. The first-order valence-electron chi connectivity index (χ1n) is 17.0. The monoisotopic (exact) mass is 799 g/mol. The summed E-state index contributed by atoms with van der Waals surface area (Å²) >= 11 is 7.89. The third-order valence-corrected chi connectivity index (χ3v) is 12.8. The average molecular weight is 800 g/mol. The summed E-state index contributed by atoms with van der Waals surface area (Å²) in [5, 5.41) is 26.7. The van der Waals surface area contributed by atoms with E-state index >= 15 is 0 Å². The summed E-state index contributed by atoms with van der Waals surface area (Å²) in [4.78, 5) is 15.6. The molecule has 5 aromatic rings. The van der Waals surface area contributed by atoms with Crippen molar-refractivity contribution in [2.45, 2.75) is 69.4 Å². The summed E-state index contributed by atoms with van der Waals surface area (Å²) in [7, 11) is -4.18. The van der Waals surface area contributed by atoms with Gasteiger partial charge in [0.2, 0.25) is 0 Å². The molecule has 0 amide bonds. The summed E-state index contributed by atoms with van der Waals surface area (Å²) in [6.45, 7) is 0.678. The lowest BCUT2D eigenvalue weighted by Crippen LogP contribution is -2.59. The van der Waals surface area contributed by atoms with Crippen molar-refractivity contribution in [2.75, 3.05) is 6.54 Å². The second kappa shape index (κ2) is 14.0. The Balaban J connectivity index is 1.11. The smallest absolute Gasteiger partial charge is 0.333 e. The number of nitrogens with zero attached hydrogens (tertiary/aromatic N) is 10. The highest BCUT2D eigenvalue weighted by Crippen LogP contribution is 2.47. The molecule has 0 bridgehead atoms. The van der Waals surface area contributed by atoms with E-state index in [-0.39, 0.29) is 36.5 Å². The molecule has 3 aliphatic heterocycles. The standard InChI is InChI=1S/C34H33ClF3N11O3S2/c1-19-15-34(50,27-18-48(45-42-27)28-5-3-4-9-39-28)16-20(2)49(19)54(51,52)44-22-14-26-29(25-8-11-47(43-25)33(37)38)30(23-7-6-21(36)13-24(23)35)41-31(46(26)17-22)32-40-10-12-53-32/h3-13,18-20,22,30,33,44,50H,14-17H2,1-2H3/t19-,20?,22+,30+,34?/m1/s1. The molecule has 2 unspecified atom stereocenters. The highest BCUT2D eigenvalue weighted by molar-refractivity contribution is 7.87. The number of pyridine rings is 1. The second-order valence-electron chi connectivity index (χ2n) is 13.5. The quantitative estimate of drug-likeness (QED) is 0.207. The summed E-state index contributed by atoms with van der Waals surface area (Å²) in [6.07, 6.45) is 6.22. The van der Waals surface area contributed by atoms with Crippen LogP contribution < -0.4 is 4.72 Å². The molecule has 5 atom stereocenters. The van der Waals surface area contributed by atoms with Crippen LogP contribution in [-0.4, -0.2) is 88.0 Å². The number of amidine groups is 1. The molecule has 0 saturated carbocycles. The minimum Gasteiger partial charge on any atom is -0.383 e. The predicted octanol–water partition coefficient (Wildman–Crippen LogP) is 5.09. The Morgan fingerprint density at radius 2 is 1.89 bits per heavy atom. The Morgan fingerprint density at radius 1 is 1.09 bits per heavy atom. The average Bonchev–Trinajstić information content (AvgIpc) is 3.95. The minimum absolute atomic E-state index is 0.0546. The van der Waals surface area contributed by atoms with Crippen molar-refractivity contribution < 1.29 is 26.7 Å². The van der Waals surface area contributed by atoms with Crippen LogP contribution in [0.25, 0.3) is 11.4 Å². The lowest BCUT2D eigenvalue weighted by molar-refractivity contribution is -0.0492. The molecule has 54 heavy (non-hydrogen) atoms. The maximum absolute atomic E-state index is 14.3. The Kier molecular flexibility index (Phi) is 9.42. The van der Waals surface area contributed by atoms with E-state index in [1.165, 1.54) is 38.5 Å². The van der Waals surface area contributed by atoms with Crippen molar-refractivity contribution in [1.82, 2.24) is 48.7 Å². The van der Waals surface area contributed by atoms with Gasteiger partial charge in [-0.3, -0.25) is 4.99 Å². The first kappa shape index (κ1) is 36.4. The number of aliphatic hydroxyl groups is 1. The molecule has 8 rings (SSSR count). The van der Waals surface area contributed by atoms with Crippen molar-refractivity contribution >= 4 is 44.6 Å². The van der Waals surface area contributed by atoms with Gasteiger partial charge in [0, 0.05) is 76.9 Å². The molecular formula is C34H33ClF3N11O3S2. The molecule has 7 heterocycles. The zero-order valence-corrected chi connectivity index (χ0v) is 31.1. The third kappa shape index (κ3) is 6.62. The van der Waals surface area contributed by atoms with E-state index < -0.39 is 52.3 Å². The number of aromatic nitrogens is 7. The zero-order chi connectivity index (χ0) is 37.9. The fraction of sp³-hybridized carbons (Fsp3) is 0.353. The van der Waals surface area contributed by atoms with Gasteiger partial charge < -0.3 is 10.0 Å². The fourth-order valence-corrected chi connectivity index (χ4v) is 10.4. The number of hydrogen-bond donors (Lipinski definition) is 2. The van der Waals surface area contributed by atoms with Crippen LogP contribution in [0.5, 0.6) is 0 Å². The highest BCUT2D eigenvalue weighted by atomic mass is 35.5. The van der Waals surface area contributed by atoms with Gasteiger partial charge in [-0.05, 0) is 57.0 Å². The van der Waals surface area contributed by atoms with Crippen molar-refractivity contribution in [1.29, 1.82) is 0 Å². The van der Waals surface area contributed by atoms with Crippen LogP contribution in [0.1, 0.15) is 67.7 Å². The highest BCUT2D eigenvalue weighted by Gasteiger charge is 2.49. The molecule has 282 valence electrons. The van der Waals surface area contributed by atoms with Crippen LogP contribution in [-0.2, 0) is 15.8 Å². The number of aliphatic imine (C=N–C) groups is 1. The van der Waals surface area contributed by atoms with Gasteiger partial charge in [-0.1, -0.05) is 28.9 Å². The maximum Gasteiger partial charge on any atom is 0.333 e. The lowest BCUT2D eigenvalue weighted by Gasteiger charge is -2.45. The molecule has 1 aromatic carbocycles. The molecule has 3 aliphatic rings. The lowest BCUT2D eigenvalue weighted by atomic mass is 9.82. The van der Waals surface area contributed by atoms with E-state index in [1.807, 2.05) is 4.90 Å². The van der Waals surface area contributed by atoms with Crippen molar-refractivity contribution in [3.63, 3.8) is 0 Å². The van der Waals surface area contributed by atoms with Crippen LogP contribution >= 0.6 is 22.9 Å². The molecule has 20 heteroatoms. The number of halogens is 4. The van der Waals surface area contributed by atoms with E-state index in [9.17, 15) is 26.7 Å². The number of benzene rings is 1. The van der Waals surface area contributed by atoms with Crippen molar-refractivity contribution in [3.05, 3.63) is 111 Å². The maximum atomic E-state index is 14.3. The fourth-order valence-electron chi connectivity index (χ4n) is 7.74. The number of rotatable bonds is 9. The van der Waals surface area contributed by atoms with Crippen LogP contribution in [0.3, 0.4) is 0 Å². The van der Waals surface area contributed by atoms with E-state index in [0.29, 0.717) is 43.9 Å². The molecule has 4 aromatic heterocycles. The number of thiazole rings is 1. The zero-order valence-electron chi connectivity index (χ0n) is 28.7. The second-order valence-corrected chi connectivity index (χ2v) is 16.4. The van der Waals surface area contributed by atoms with Gasteiger partial charge >= 0.3 is 6.55 Å². The Hall–Kier alpha value is -4.53. The number of hydrogen-bond acceptors (Lipinski definition) is 11. The van der Waals surface area contributed by atoms with Crippen LogP contribution in [0.2, 0.25) is 5.02 Å². The molecule has 0 aliphatic carbocycles. The molecular weight excluding hydrogens is 767 g/mol. The van der Waals surface area contributed by atoms with Gasteiger partial charge in [0.15, 0.2) is 16.7 Å². The van der Waals surface area contributed by atoms with Crippen molar-refractivity contribution in [2.24, 2.45) is 4.99 Å². The predicted molar refractivity (Wildman–Crippen MR) is 193 cm³/mol. The first-order valence-corrected chi connectivity index (χ1v) is 19.7. The van der Waals surface area contributed by atoms with Crippen LogP contribution in [0.15, 0.2) is 83.3 Å². The van der Waals surface area contributed by atoms with Crippen molar-refractivity contribution in [3.8, 4) is 5.82 Å². The number of fused-ring (bicyclic) bond motifs is 1. The minimum atomic E-state index is -4.18. The topological polar surface area (TPSA) is 160 Å². The normalized spacial score (nSPS) is 25.0. The summed E-state index contributed by atoms with van der Waals surface area (Å²) < 4.78 is 76.5. The van der Waals surface area contributed by atoms with Gasteiger partial charge in [-0.25, -0.2) is 23.7 Å². The van der Waals surface area contributed by atoms with E-state index in [1.54, 1.807) is 56.0 Å². The number of piperidine rings is 1. The Bertz CT molecular complexity index is 2340. The Morgan fingerprint density at radius 3 is 2.56 bits per heavy atom. The van der Waals surface area contributed by atoms with Crippen LogP contribution in [0.4, 0.5) is 13.2 Å². The number of nitrogens with one attached hydrogen (secondary N) is 1. The van der Waals surface area contributed by atoms with Gasteiger partial charge in [-0.2, -0.15) is 31.3 Å². The van der Waals surface area contributed by atoms with Gasteiger partial charge in [0.1, 0.15) is 23.2 Å². The Labute approximate surface area is 316 Å². The SMILES string of the molecule is CC1CC(O)(c2cn(-c3ccccn3)nn2)C[C@@H](C)N1S(=O)(=O)N[C@H]1CC2=C(c3ccn(C(F)F)n3)[C@H](c3ccc(F)cc3Cl)N=C(c3nccs3)N2C1. The number of alkyl halides is 2. The van der Waals surface area contributed by atoms with Crippen LogP contribution in [0, 0.1) is 5.82 Å². The molecule has 0 radical (unpaired) electrons. The summed E-state index contributed by atoms with van der Waals surface area (Å²) in [6, 6.07) is 7.73. The van der Waals surface area contributed by atoms with Gasteiger partial charge in [0.05, 0.1) is 11.9 Å². The van der Waals surface area contributed by atoms with E-state index in [0.717, 1.165) is 12.3 Å².